The molecule has 3 amide bonds. The zero-order valence-corrected chi connectivity index (χ0v) is 21.6. The second-order valence-corrected chi connectivity index (χ2v) is 9.86. The number of imidazole rings is 1. The molecule has 4 aliphatic rings. The molecule has 3 aromatic rings. The van der Waals surface area contributed by atoms with E-state index >= 15 is 4.39 Å². The van der Waals surface area contributed by atoms with Gasteiger partial charge in [0.1, 0.15) is 17.5 Å². The molecule has 6 heterocycles. The van der Waals surface area contributed by atoms with E-state index in [4.69, 9.17) is 0 Å². The number of aromatic nitrogens is 2. The first-order chi connectivity index (χ1) is 18.5. The van der Waals surface area contributed by atoms with Crippen LogP contribution in [0, 0.1) is 5.82 Å². The van der Waals surface area contributed by atoms with Gasteiger partial charge < -0.3 is 9.80 Å². The average molecular weight is 547 g/mol. The van der Waals surface area contributed by atoms with E-state index in [9.17, 15) is 14.4 Å². The van der Waals surface area contributed by atoms with Crippen molar-refractivity contribution in [1.29, 1.82) is 0 Å². The van der Waals surface area contributed by atoms with Crippen LogP contribution in [0.5, 0.6) is 0 Å². The number of hydrogen-bond donors (Lipinski definition) is 1. The zero-order valence-electron chi connectivity index (χ0n) is 20.8. The third-order valence-corrected chi connectivity index (χ3v) is 7.64. The SMILES string of the molecule is Cl.O=C1NC(=O)C(c2cnc3ccccn23)=C1C1=NC=CN2c3c(cc(F)cc31)CC2C(=O)N1CCCCC1. The maximum absolute atomic E-state index is 15.0. The number of nitrogens with zero attached hydrogens (tertiary/aromatic N) is 5. The highest BCUT2D eigenvalue weighted by Crippen LogP contribution is 2.41. The predicted octanol–water partition coefficient (Wildman–Crippen LogP) is 3.02. The summed E-state index contributed by atoms with van der Waals surface area (Å²) in [6.45, 7) is 1.42. The number of fused-ring (bicyclic) bond motifs is 1. The minimum absolute atomic E-state index is 0. The van der Waals surface area contributed by atoms with Crippen LogP contribution in [0.25, 0.3) is 11.2 Å². The van der Waals surface area contributed by atoms with Crippen LogP contribution in [0.15, 0.2) is 65.7 Å². The first-order valence-corrected chi connectivity index (χ1v) is 12.7. The number of aliphatic imine (C=N–C) groups is 1. The van der Waals surface area contributed by atoms with Crippen molar-refractivity contribution in [2.24, 2.45) is 4.99 Å². The quantitative estimate of drug-likeness (QED) is 0.509. The van der Waals surface area contributed by atoms with E-state index in [0.717, 1.165) is 19.3 Å². The fraction of sp³-hybridized carbons (Fsp3) is 0.250. The van der Waals surface area contributed by atoms with Gasteiger partial charge in [-0.15, -0.1) is 12.4 Å². The molecule has 0 aliphatic carbocycles. The number of carbonyl (C=O) groups is 3. The van der Waals surface area contributed by atoms with Gasteiger partial charge in [-0.1, -0.05) is 6.07 Å². The number of carbonyl (C=O) groups excluding carboxylic acids is 3. The lowest BCUT2D eigenvalue weighted by molar-refractivity contribution is -0.133. The number of hydrogen-bond acceptors (Lipinski definition) is 6. The van der Waals surface area contributed by atoms with Gasteiger partial charge in [0.15, 0.2) is 0 Å². The lowest BCUT2D eigenvalue weighted by Crippen LogP contribution is -2.47. The number of anilines is 1. The van der Waals surface area contributed by atoms with Crippen LogP contribution in [-0.4, -0.2) is 56.8 Å². The summed E-state index contributed by atoms with van der Waals surface area (Å²) < 4.78 is 16.7. The molecule has 9 nitrogen and oxygen atoms in total. The number of halogens is 2. The van der Waals surface area contributed by atoms with Crippen LogP contribution in [0.3, 0.4) is 0 Å². The largest absolute Gasteiger partial charge is 0.341 e. The summed E-state index contributed by atoms with van der Waals surface area (Å²) in [4.78, 5) is 52.4. The standard InChI is InChI=1S/C28H23FN6O3.ClH/c29-17-12-16-13-19(28(38)33-8-3-1-4-9-33)35-11-7-30-24(18(14-17)25(16)35)23-22(26(36)32-27(23)37)20-15-31-21-6-2-5-10-34(20)21;/h2,5-7,10-12,14-15,19H,1,3-4,8-9,13H2,(H,32,36,37);1H. The van der Waals surface area contributed by atoms with Crippen molar-refractivity contribution >= 4 is 52.7 Å². The van der Waals surface area contributed by atoms with E-state index in [2.05, 4.69) is 15.3 Å². The summed E-state index contributed by atoms with van der Waals surface area (Å²) in [5.41, 5.74) is 3.04. The number of imide groups is 1. The highest BCUT2D eigenvalue weighted by atomic mass is 35.5. The van der Waals surface area contributed by atoms with Crippen LogP contribution in [0.1, 0.15) is 36.1 Å². The molecule has 1 saturated heterocycles. The number of amides is 3. The maximum atomic E-state index is 15.0. The first-order valence-electron chi connectivity index (χ1n) is 12.7. The van der Waals surface area contributed by atoms with E-state index in [1.807, 2.05) is 15.9 Å². The second-order valence-electron chi connectivity index (χ2n) is 9.86. The van der Waals surface area contributed by atoms with Crippen LogP contribution < -0.4 is 10.2 Å². The number of rotatable bonds is 3. The van der Waals surface area contributed by atoms with Crippen LogP contribution in [-0.2, 0) is 20.8 Å². The van der Waals surface area contributed by atoms with Crippen molar-refractivity contribution in [1.82, 2.24) is 19.6 Å². The third kappa shape index (κ3) is 3.85. The topological polar surface area (TPSA) is 99.4 Å². The van der Waals surface area contributed by atoms with Gasteiger partial charge in [-0.25, -0.2) is 9.37 Å². The molecule has 0 saturated carbocycles. The molecule has 0 spiro atoms. The molecule has 1 aromatic carbocycles. The summed E-state index contributed by atoms with van der Waals surface area (Å²) in [6.07, 6.45) is 9.89. The Balaban J connectivity index is 0.00000277. The Morgan fingerprint density at radius 1 is 1.05 bits per heavy atom. The molecule has 1 atom stereocenters. The third-order valence-electron chi connectivity index (χ3n) is 7.64. The first kappa shape index (κ1) is 25.0. The molecule has 198 valence electrons. The number of piperidine rings is 1. The molecule has 4 aliphatic heterocycles. The molecule has 1 N–H and O–H groups in total. The fourth-order valence-corrected chi connectivity index (χ4v) is 5.96. The van der Waals surface area contributed by atoms with Gasteiger partial charge in [0, 0.05) is 43.7 Å². The zero-order chi connectivity index (χ0) is 26.0. The van der Waals surface area contributed by atoms with Crippen molar-refractivity contribution < 1.29 is 18.8 Å². The van der Waals surface area contributed by atoms with Crippen molar-refractivity contribution in [3.63, 3.8) is 0 Å². The van der Waals surface area contributed by atoms with Gasteiger partial charge >= 0.3 is 0 Å². The maximum Gasteiger partial charge on any atom is 0.261 e. The normalized spacial score (nSPS) is 20.1. The fourth-order valence-electron chi connectivity index (χ4n) is 5.96. The Morgan fingerprint density at radius 2 is 1.85 bits per heavy atom. The van der Waals surface area contributed by atoms with Gasteiger partial charge in [-0.3, -0.25) is 29.1 Å². The van der Waals surface area contributed by atoms with Crippen LogP contribution in [0.4, 0.5) is 10.1 Å². The van der Waals surface area contributed by atoms with Crippen LogP contribution >= 0.6 is 12.4 Å². The van der Waals surface area contributed by atoms with Gasteiger partial charge in [0.05, 0.1) is 34.4 Å². The van der Waals surface area contributed by atoms with Gasteiger partial charge in [0.2, 0.25) is 5.91 Å². The number of benzene rings is 1. The molecule has 39 heavy (non-hydrogen) atoms. The predicted molar refractivity (Wildman–Crippen MR) is 145 cm³/mol. The molecule has 0 radical (unpaired) electrons. The van der Waals surface area contributed by atoms with Gasteiger partial charge in [-0.05, 0) is 49.1 Å². The molecule has 1 unspecified atom stereocenters. The van der Waals surface area contributed by atoms with Crippen molar-refractivity contribution in [3.05, 3.63) is 83.3 Å². The summed E-state index contributed by atoms with van der Waals surface area (Å²) in [6, 6.07) is 7.65. The van der Waals surface area contributed by atoms with Crippen molar-refractivity contribution in [2.75, 3.05) is 18.0 Å². The number of likely N-dealkylation sites (tertiary alicyclic amines) is 1. The summed E-state index contributed by atoms with van der Waals surface area (Å²) in [5.74, 6) is -1.69. The lowest BCUT2D eigenvalue weighted by atomic mass is 9.94. The van der Waals surface area contributed by atoms with E-state index < -0.39 is 23.7 Å². The van der Waals surface area contributed by atoms with E-state index in [1.54, 1.807) is 28.9 Å². The molecule has 1 fully saturated rings. The average Bonchev–Trinajstić information content (AvgIpc) is 3.55. The molecule has 11 heteroatoms. The Bertz CT molecular complexity index is 1650. The molecule has 7 rings (SSSR count). The number of pyridine rings is 1. The Morgan fingerprint density at radius 3 is 2.67 bits per heavy atom. The Kier molecular flexibility index (Phi) is 6.06. The summed E-state index contributed by atoms with van der Waals surface area (Å²) in [5, 5.41) is 2.38. The monoisotopic (exact) mass is 546 g/mol. The second kappa shape index (κ2) is 9.46. The molecular formula is C28H24ClFN6O3. The lowest BCUT2D eigenvalue weighted by Gasteiger charge is -2.32. The van der Waals surface area contributed by atoms with E-state index in [1.165, 1.54) is 24.5 Å². The Hall–Kier alpha value is -4.31. The highest BCUT2D eigenvalue weighted by molar-refractivity contribution is 6.47. The van der Waals surface area contributed by atoms with Gasteiger partial charge in [-0.2, -0.15) is 0 Å². The molecule has 2 aromatic heterocycles. The summed E-state index contributed by atoms with van der Waals surface area (Å²) >= 11 is 0. The van der Waals surface area contributed by atoms with Crippen LogP contribution in [0.2, 0.25) is 0 Å². The van der Waals surface area contributed by atoms with E-state index in [0.29, 0.717) is 47.7 Å². The summed E-state index contributed by atoms with van der Waals surface area (Å²) in [7, 11) is 0. The Labute approximate surface area is 229 Å². The van der Waals surface area contributed by atoms with E-state index in [-0.39, 0.29) is 35.2 Å². The number of nitrogens with one attached hydrogen (secondary N) is 1. The smallest absolute Gasteiger partial charge is 0.261 e. The van der Waals surface area contributed by atoms with Crippen molar-refractivity contribution in [2.45, 2.75) is 31.7 Å². The molecule has 0 bridgehead atoms. The highest BCUT2D eigenvalue weighted by Gasteiger charge is 2.42. The van der Waals surface area contributed by atoms with Gasteiger partial charge in [0.25, 0.3) is 11.8 Å². The molecular weight excluding hydrogens is 523 g/mol. The minimum Gasteiger partial charge on any atom is -0.341 e. The van der Waals surface area contributed by atoms with Crippen molar-refractivity contribution in [3.8, 4) is 0 Å². The minimum atomic E-state index is -0.617.